The lowest BCUT2D eigenvalue weighted by Gasteiger charge is -2.27. The van der Waals surface area contributed by atoms with Gasteiger partial charge < -0.3 is 15.1 Å². The molecule has 0 aromatic heterocycles. The van der Waals surface area contributed by atoms with E-state index < -0.39 is 17.8 Å². The van der Waals surface area contributed by atoms with Crippen LogP contribution in [0, 0.1) is 5.82 Å². The highest BCUT2D eigenvalue weighted by molar-refractivity contribution is 5.97. The average Bonchev–Trinajstić information content (AvgIpc) is 3.05. The lowest BCUT2D eigenvalue weighted by atomic mass is 10.00. The molecule has 1 saturated heterocycles. The molecule has 4 nitrogen and oxygen atoms in total. The Morgan fingerprint density at radius 2 is 2.00 bits per heavy atom. The molecule has 5 heteroatoms. The fraction of sp³-hybridized carbons (Fsp3) is 0.316. The summed E-state index contributed by atoms with van der Waals surface area (Å²) in [5.41, 5.74) is 0.779. The molecule has 2 N–H and O–H groups in total. The Morgan fingerprint density at radius 1 is 1.25 bits per heavy atom. The molecule has 1 fully saturated rings. The summed E-state index contributed by atoms with van der Waals surface area (Å²) in [6.07, 6.45) is 1.37. The summed E-state index contributed by atoms with van der Waals surface area (Å²) in [4.78, 5) is 14.3. The number of halogens is 1. The Labute approximate surface area is 140 Å². The van der Waals surface area contributed by atoms with E-state index >= 15 is 0 Å². The Bertz CT molecular complexity index is 720. The van der Waals surface area contributed by atoms with Crippen LogP contribution in [0.4, 0.5) is 4.39 Å². The van der Waals surface area contributed by atoms with Crippen LogP contribution in [-0.2, 0) is 0 Å². The first-order valence-electron chi connectivity index (χ1n) is 8.09. The molecule has 126 valence electrons. The SMILES string of the molecule is O=C(c1cc(F)ccc1O)N1CCCC1CC(O)c1ccccc1. The van der Waals surface area contributed by atoms with Gasteiger partial charge in [-0.3, -0.25) is 4.79 Å². The second-order valence-corrected chi connectivity index (χ2v) is 6.12. The summed E-state index contributed by atoms with van der Waals surface area (Å²) in [7, 11) is 0. The van der Waals surface area contributed by atoms with Gasteiger partial charge in [0.2, 0.25) is 0 Å². The van der Waals surface area contributed by atoms with Gasteiger partial charge in [0.1, 0.15) is 11.6 Å². The zero-order chi connectivity index (χ0) is 17.1. The summed E-state index contributed by atoms with van der Waals surface area (Å²) in [6.45, 7) is 0.543. The number of phenols is 1. The van der Waals surface area contributed by atoms with Gasteiger partial charge in [0.25, 0.3) is 5.91 Å². The first kappa shape index (κ1) is 16.5. The number of amides is 1. The summed E-state index contributed by atoms with van der Waals surface area (Å²) >= 11 is 0. The van der Waals surface area contributed by atoms with E-state index in [1.807, 2.05) is 30.3 Å². The highest BCUT2D eigenvalue weighted by Crippen LogP contribution is 2.30. The van der Waals surface area contributed by atoms with E-state index in [-0.39, 0.29) is 17.4 Å². The van der Waals surface area contributed by atoms with Crippen LogP contribution in [0.1, 0.15) is 41.3 Å². The van der Waals surface area contributed by atoms with Crippen molar-refractivity contribution in [3.8, 4) is 5.75 Å². The first-order chi connectivity index (χ1) is 11.6. The van der Waals surface area contributed by atoms with Gasteiger partial charge in [-0.2, -0.15) is 0 Å². The van der Waals surface area contributed by atoms with Gasteiger partial charge in [-0.05, 0) is 43.0 Å². The molecule has 0 aliphatic carbocycles. The van der Waals surface area contributed by atoms with Crippen molar-refractivity contribution < 1.29 is 19.4 Å². The second kappa shape index (κ2) is 7.01. The van der Waals surface area contributed by atoms with E-state index in [0.717, 1.165) is 30.5 Å². The molecule has 2 unspecified atom stereocenters. The number of carbonyl (C=O) groups is 1. The van der Waals surface area contributed by atoms with E-state index in [2.05, 4.69) is 0 Å². The van der Waals surface area contributed by atoms with Crippen LogP contribution in [0.2, 0.25) is 0 Å². The number of nitrogens with zero attached hydrogens (tertiary/aromatic N) is 1. The number of aliphatic hydroxyl groups is 1. The van der Waals surface area contributed by atoms with Gasteiger partial charge in [0.15, 0.2) is 0 Å². The molecule has 0 radical (unpaired) electrons. The number of benzene rings is 2. The number of aliphatic hydroxyl groups excluding tert-OH is 1. The van der Waals surface area contributed by atoms with Crippen molar-refractivity contribution in [3.05, 3.63) is 65.5 Å². The largest absolute Gasteiger partial charge is 0.507 e. The predicted molar refractivity (Wildman–Crippen MR) is 88.1 cm³/mol. The minimum absolute atomic E-state index is 0.0314. The minimum atomic E-state index is -0.661. The van der Waals surface area contributed by atoms with Crippen molar-refractivity contribution in [2.75, 3.05) is 6.54 Å². The monoisotopic (exact) mass is 329 g/mol. The van der Waals surface area contributed by atoms with Crippen LogP contribution in [0.25, 0.3) is 0 Å². The van der Waals surface area contributed by atoms with Gasteiger partial charge >= 0.3 is 0 Å². The number of hydrogen-bond donors (Lipinski definition) is 2. The zero-order valence-corrected chi connectivity index (χ0v) is 13.2. The fourth-order valence-electron chi connectivity index (χ4n) is 3.25. The minimum Gasteiger partial charge on any atom is -0.507 e. The maximum absolute atomic E-state index is 13.4. The highest BCUT2D eigenvalue weighted by Gasteiger charge is 2.32. The zero-order valence-electron chi connectivity index (χ0n) is 13.2. The number of likely N-dealkylation sites (tertiary alicyclic amines) is 1. The second-order valence-electron chi connectivity index (χ2n) is 6.12. The molecule has 0 bridgehead atoms. The van der Waals surface area contributed by atoms with Gasteiger partial charge in [-0.25, -0.2) is 4.39 Å². The average molecular weight is 329 g/mol. The third kappa shape index (κ3) is 3.41. The van der Waals surface area contributed by atoms with Crippen LogP contribution < -0.4 is 0 Å². The number of rotatable bonds is 4. The van der Waals surface area contributed by atoms with E-state index in [4.69, 9.17) is 0 Å². The summed E-state index contributed by atoms with van der Waals surface area (Å²) < 4.78 is 13.4. The molecule has 2 aromatic rings. The number of hydrogen-bond acceptors (Lipinski definition) is 3. The maximum Gasteiger partial charge on any atom is 0.257 e. The predicted octanol–water partition coefficient (Wildman–Crippen LogP) is 3.26. The summed E-state index contributed by atoms with van der Waals surface area (Å²) in [6, 6.07) is 12.5. The van der Waals surface area contributed by atoms with Crippen molar-refractivity contribution in [3.63, 3.8) is 0 Å². The lowest BCUT2D eigenvalue weighted by Crippen LogP contribution is -2.36. The Morgan fingerprint density at radius 3 is 2.75 bits per heavy atom. The molecular formula is C19H20FNO3. The molecule has 1 amide bonds. The Hall–Kier alpha value is -2.40. The number of aromatic hydroxyl groups is 1. The van der Waals surface area contributed by atoms with Crippen molar-refractivity contribution in [2.45, 2.75) is 31.4 Å². The molecule has 2 aromatic carbocycles. The smallest absolute Gasteiger partial charge is 0.257 e. The van der Waals surface area contributed by atoms with Gasteiger partial charge in [-0.1, -0.05) is 30.3 Å². The topological polar surface area (TPSA) is 60.8 Å². The number of phenolic OH excluding ortho intramolecular Hbond substituents is 1. The van der Waals surface area contributed by atoms with Crippen molar-refractivity contribution in [1.29, 1.82) is 0 Å². The standard InChI is InChI=1S/C19H20FNO3/c20-14-8-9-17(22)16(11-14)19(24)21-10-4-7-15(21)12-18(23)13-5-2-1-3-6-13/h1-3,5-6,8-9,11,15,18,22-23H,4,7,10,12H2. The van der Waals surface area contributed by atoms with Crippen LogP contribution >= 0.6 is 0 Å². The highest BCUT2D eigenvalue weighted by atomic mass is 19.1. The Balaban J connectivity index is 1.75. The third-order valence-electron chi connectivity index (χ3n) is 4.51. The van der Waals surface area contributed by atoms with E-state index in [1.165, 1.54) is 6.07 Å². The van der Waals surface area contributed by atoms with Crippen LogP contribution in [-0.4, -0.2) is 33.6 Å². The van der Waals surface area contributed by atoms with Crippen LogP contribution in [0.15, 0.2) is 48.5 Å². The number of carbonyl (C=O) groups excluding carboxylic acids is 1. The first-order valence-corrected chi connectivity index (χ1v) is 8.09. The van der Waals surface area contributed by atoms with Gasteiger partial charge in [0.05, 0.1) is 11.7 Å². The fourth-order valence-corrected chi connectivity index (χ4v) is 3.25. The third-order valence-corrected chi connectivity index (χ3v) is 4.51. The van der Waals surface area contributed by atoms with Gasteiger partial charge in [0, 0.05) is 12.6 Å². The molecule has 24 heavy (non-hydrogen) atoms. The van der Waals surface area contributed by atoms with Crippen molar-refractivity contribution >= 4 is 5.91 Å². The molecule has 0 saturated carbocycles. The summed E-state index contributed by atoms with van der Waals surface area (Å²) in [5, 5.41) is 20.3. The van der Waals surface area contributed by atoms with Crippen LogP contribution in [0.5, 0.6) is 5.75 Å². The Kier molecular flexibility index (Phi) is 4.81. The molecule has 1 aliphatic rings. The lowest BCUT2D eigenvalue weighted by molar-refractivity contribution is 0.0664. The van der Waals surface area contributed by atoms with E-state index in [9.17, 15) is 19.4 Å². The van der Waals surface area contributed by atoms with E-state index in [1.54, 1.807) is 4.90 Å². The molecule has 1 heterocycles. The van der Waals surface area contributed by atoms with Gasteiger partial charge in [-0.15, -0.1) is 0 Å². The maximum atomic E-state index is 13.4. The molecule has 0 spiro atoms. The molecule has 1 aliphatic heterocycles. The molecular weight excluding hydrogens is 309 g/mol. The van der Waals surface area contributed by atoms with Crippen molar-refractivity contribution in [2.24, 2.45) is 0 Å². The van der Waals surface area contributed by atoms with Crippen molar-refractivity contribution in [1.82, 2.24) is 4.90 Å². The summed E-state index contributed by atoms with van der Waals surface area (Å²) in [5.74, 6) is -1.18. The molecule has 2 atom stereocenters. The van der Waals surface area contributed by atoms with Crippen LogP contribution in [0.3, 0.4) is 0 Å². The quantitative estimate of drug-likeness (QED) is 0.905. The van der Waals surface area contributed by atoms with E-state index in [0.29, 0.717) is 13.0 Å². The molecule has 3 rings (SSSR count). The normalized spacial score (nSPS) is 18.6.